The summed E-state index contributed by atoms with van der Waals surface area (Å²) in [6.45, 7) is 0. The van der Waals surface area contributed by atoms with Crippen molar-refractivity contribution in [2.24, 2.45) is 0 Å². The minimum Gasteiger partial charge on any atom is -0.158 e. The van der Waals surface area contributed by atoms with Gasteiger partial charge in [0, 0.05) is 11.1 Å². The van der Waals surface area contributed by atoms with Crippen LogP contribution in [0, 0.1) is 0 Å². The third-order valence-electron chi connectivity index (χ3n) is 3.68. The van der Waals surface area contributed by atoms with Gasteiger partial charge in [0.2, 0.25) is 0 Å². The second-order valence-corrected chi connectivity index (χ2v) is 5.67. The smallest absolute Gasteiger partial charge is 0.0716 e. The lowest BCUT2D eigenvalue weighted by Gasteiger charge is -2.00. The Morgan fingerprint density at radius 1 is 0.538 bits per heavy atom. The van der Waals surface area contributed by atoms with Crippen LogP contribution in [0.5, 0.6) is 0 Å². The Labute approximate surface area is 154 Å². The molecule has 2 aliphatic carbocycles. The van der Waals surface area contributed by atoms with Gasteiger partial charge in [-0.2, -0.15) is 10.2 Å². The second-order valence-electron chi connectivity index (χ2n) is 5.67. The lowest BCUT2D eigenvalue weighted by Crippen LogP contribution is -1.86. The maximum atomic E-state index is 3.81. The first kappa shape index (κ1) is 19.3. The molecule has 0 spiro atoms. The van der Waals surface area contributed by atoms with Gasteiger partial charge in [0.15, 0.2) is 0 Å². The zero-order valence-electron chi connectivity index (χ0n) is 14.9. The fourth-order valence-corrected chi connectivity index (χ4v) is 2.34. The van der Waals surface area contributed by atoms with E-state index in [1.54, 1.807) is 12.4 Å². The maximum absolute atomic E-state index is 3.81. The van der Waals surface area contributed by atoms with Crippen LogP contribution in [0.2, 0.25) is 0 Å². The number of aromatic nitrogens is 6. The van der Waals surface area contributed by atoms with Gasteiger partial charge in [0.25, 0.3) is 0 Å². The molecule has 0 atom stereocenters. The van der Waals surface area contributed by atoms with Crippen LogP contribution >= 0.6 is 0 Å². The van der Waals surface area contributed by atoms with Crippen molar-refractivity contribution in [2.45, 2.75) is 38.5 Å². The minimum absolute atomic E-state index is 1.10. The van der Waals surface area contributed by atoms with Gasteiger partial charge in [-0.1, -0.05) is 61.4 Å². The Balaban J connectivity index is 0.000000151. The molecule has 0 N–H and O–H groups in total. The summed E-state index contributed by atoms with van der Waals surface area (Å²) in [6.07, 6.45) is 31.4. The molecule has 134 valence electrons. The van der Waals surface area contributed by atoms with Crippen molar-refractivity contribution in [3.05, 3.63) is 72.4 Å². The summed E-state index contributed by atoms with van der Waals surface area (Å²) in [5, 5.41) is 20.7. The predicted octanol–water partition coefficient (Wildman–Crippen LogP) is 4.24. The van der Waals surface area contributed by atoms with E-state index in [1.165, 1.54) is 50.9 Å². The quantitative estimate of drug-likeness (QED) is 0.663. The number of fused-ring (bicyclic) bond motifs is 1. The molecule has 2 heterocycles. The van der Waals surface area contributed by atoms with Crippen molar-refractivity contribution >= 4 is 12.2 Å². The summed E-state index contributed by atoms with van der Waals surface area (Å²) in [7, 11) is 0. The van der Waals surface area contributed by atoms with Gasteiger partial charge in [-0.3, -0.25) is 0 Å². The number of allylic oxidation sites excluding steroid dienone is 6. The van der Waals surface area contributed by atoms with Crippen LogP contribution in [0.1, 0.15) is 49.7 Å². The first-order chi connectivity index (χ1) is 13.0. The molecule has 2 aromatic rings. The second kappa shape index (κ2) is 13.3. The highest BCUT2D eigenvalue weighted by Gasteiger charge is 1.95. The van der Waals surface area contributed by atoms with Crippen LogP contribution in [0.25, 0.3) is 12.2 Å². The molecule has 2 aromatic heterocycles. The Bertz CT molecular complexity index is 650. The van der Waals surface area contributed by atoms with Crippen molar-refractivity contribution in [2.75, 3.05) is 0 Å². The Hall–Kier alpha value is -3.02. The van der Waals surface area contributed by atoms with Crippen molar-refractivity contribution < 1.29 is 0 Å². The van der Waals surface area contributed by atoms with Crippen LogP contribution in [0.4, 0.5) is 0 Å². The third-order valence-corrected chi connectivity index (χ3v) is 3.68. The molecule has 0 fully saturated rings. The zero-order valence-corrected chi connectivity index (χ0v) is 14.9. The summed E-state index contributed by atoms with van der Waals surface area (Å²) < 4.78 is 0. The molecule has 0 radical (unpaired) electrons. The van der Waals surface area contributed by atoms with Gasteiger partial charge in [0.1, 0.15) is 0 Å². The van der Waals surface area contributed by atoms with Gasteiger partial charge < -0.3 is 0 Å². The molecule has 0 amide bonds. The van der Waals surface area contributed by atoms with Crippen molar-refractivity contribution in [3.63, 3.8) is 0 Å². The maximum Gasteiger partial charge on any atom is 0.0716 e. The fraction of sp³-hybridized carbons (Fsp3) is 0.300. The molecule has 0 bridgehead atoms. The highest BCUT2D eigenvalue weighted by Crippen LogP contribution is 2.11. The average Bonchev–Trinajstić information content (AvgIpc) is 2.64. The highest BCUT2D eigenvalue weighted by molar-refractivity contribution is 5.66. The summed E-state index contributed by atoms with van der Waals surface area (Å²) in [6, 6.07) is 0. The summed E-state index contributed by atoms with van der Waals surface area (Å²) in [4.78, 5) is 0. The third kappa shape index (κ3) is 8.73. The molecular formula is C20H24N6. The van der Waals surface area contributed by atoms with E-state index in [4.69, 9.17) is 0 Å². The van der Waals surface area contributed by atoms with E-state index < -0.39 is 0 Å². The molecule has 0 unspecified atom stereocenters. The summed E-state index contributed by atoms with van der Waals surface area (Å²) in [5.74, 6) is 0. The number of hydrogen-bond donors (Lipinski definition) is 0. The van der Waals surface area contributed by atoms with E-state index in [2.05, 4.69) is 43.0 Å². The molecule has 0 saturated heterocycles. The largest absolute Gasteiger partial charge is 0.158 e. The fourth-order valence-electron chi connectivity index (χ4n) is 2.34. The molecule has 0 aliphatic heterocycles. The molecule has 6 heteroatoms. The van der Waals surface area contributed by atoms with Crippen LogP contribution < -0.4 is 0 Å². The van der Waals surface area contributed by atoms with E-state index in [9.17, 15) is 0 Å². The Morgan fingerprint density at radius 2 is 1.04 bits per heavy atom. The molecule has 0 saturated carbocycles. The normalized spacial score (nSPS) is 14.9. The van der Waals surface area contributed by atoms with Crippen molar-refractivity contribution in [1.82, 2.24) is 30.8 Å². The lowest BCUT2D eigenvalue weighted by molar-refractivity contribution is 0.638. The topological polar surface area (TPSA) is 77.3 Å². The summed E-state index contributed by atoms with van der Waals surface area (Å²) in [5.41, 5.74) is 2.20. The molecule has 2 aliphatic rings. The zero-order chi connectivity index (χ0) is 18.1. The monoisotopic (exact) mass is 348 g/mol. The molecule has 26 heavy (non-hydrogen) atoms. The van der Waals surface area contributed by atoms with Crippen LogP contribution in [-0.2, 0) is 0 Å². The van der Waals surface area contributed by atoms with Gasteiger partial charge >= 0.3 is 0 Å². The molecule has 6 nitrogen and oxygen atoms in total. The van der Waals surface area contributed by atoms with Crippen LogP contribution in [-0.4, -0.2) is 30.8 Å². The van der Waals surface area contributed by atoms with E-state index in [0.29, 0.717) is 0 Å². The standard InChI is InChI=1S/C10H8N2.C8H14.C2H2N4/c1-2-4-6-10-8-12-11-7-9(10)5-3-1;1-2-4-6-8-7-5-3-1;1-2-4-6-5-3-1/h1-8H;1-2H,3-8H2;1-2H. The number of hydrogen-bond acceptors (Lipinski definition) is 6. The SMILES string of the molecule is C1=CC=Cc2cnncc2C=C1.C1=CCCCCCC1.c1cnnnn1. The molecule has 0 aromatic carbocycles. The lowest BCUT2D eigenvalue weighted by atomic mass is 10.1. The Morgan fingerprint density at radius 3 is 1.46 bits per heavy atom. The highest BCUT2D eigenvalue weighted by atomic mass is 15.4. The van der Waals surface area contributed by atoms with E-state index in [0.717, 1.165) is 11.1 Å². The van der Waals surface area contributed by atoms with Gasteiger partial charge in [-0.05, 0) is 36.1 Å². The number of rotatable bonds is 0. The van der Waals surface area contributed by atoms with Gasteiger partial charge in [0.05, 0.1) is 24.8 Å². The first-order valence-electron chi connectivity index (χ1n) is 8.89. The van der Waals surface area contributed by atoms with Gasteiger partial charge in [-0.15, -0.1) is 10.2 Å². The van der Waals surface area contributed by atoms with E-state index in [1.807, 2.05) is 36.5 Å². The van der Waals surface area contributed by atoms with Crippen molar-refractivity contribution in [1.29, 1.82) is 0 Å². The van der Waals surface area contributed by atoms with Gasteiger partial charge in [-0.25, -0.2) is 0 Å². The van der Waals surface area contributed by atoms with Crippen LogP contribution in [0.3, 0.4) is 0 Å². The number of nitrogens with zero attached hydrogens (tertiary/aromatic N) is 6. The molecule has 4 rings (SSSR count). The first-order valence-corrected chi connectivity index (χ1v) is 8.89. The minimum atomic E-state index is 1.10. The molecular weight excluding hydrogens is 324 g/mol. The van der Waals surface area contributed by atoms with Crippen molar-refractivity contribution in [3.8, 4) is 0 Å². The van der Waals surface area contributed by atoms with E-state index >= 15 is 0 Å². The Kier molecular flexibility index (Phi) is 9.87. The average molecular weight is 348 g/mol. The predicted molar refractivity (Wildman–Crippen MR) is 104 cm³/mol. The van der Waals surface area contributed by atoms with Crippen LogP contribution in [0.15, 0.2) is 61.2 Å². The van der Waals surface area contributed by atoms with E-state index in [-0.39, 0.29) is 0 Å². The summed E-state index contributed by atoms with van der Waals surface area (Å²) >= 11 is 0.